The Hall–Kier alpha value is -2.91. The number of anilines is 1. The van der Waals surface area contributed by atoms with Crippen LogP contribution in [0.5, 0.6) is 0 Å². The van der Waals surface area contributed by atoms with Gasteiger partial charge in [0.15, 0.2) is 0 Å². The van der Waals surface area contributed by atoms with Crippen LogP contribution in [0, 0.1) is 0 Å². The third kappa shape index (κ3) is 3.39. The molecule has 0 aliphatic heterocycles. The molecule has 3 rings (SSSR count). The molecule has 2 unspecified atom stereocenters. The summed E-state index contributed by atoms with van der Waals surface area (Å²) in [5.74, 6) is -2.63. The second-order valence-electron chi connectivity index (χ2n) is 5.61. The van der Waals surface area contributed by atoms with Gasteiger partial charge in [-0.1, -0.05) is 18.2 Å². The summed E-state index contributed by atoms with van der Waals surface area (Å²) in [5.41, 5.74) is 1.27. The summed E-state index contributed by atoms with van der Waals surface area (Å²) in [6, 6.07) is 10.2. The fourth-order valence-corrected chi connectivity index (χ4v) is 3.51. The zero-order chi connectivity index (χ0) is 18.8. The number of aliphatic carboxylic acids is 2. The molecule has 136 valence electrons. The average molecular weight is 376 g/mol. The third-order valence-electron chi connectivity index (χ3n) is 3.98. The van der Waals surface area contributed by atoms with E-state index in [-0.39, 0.29) is 12.1 Å². The predicted molar refractivity (Wildman–Crippen MR) is 93.4 cm³/mol. The van der Waals surface area contributed by atoms with Crippen molar-refractivity contribution in [1.29, 1.82) is 0 Å². The molecule has 3 aromatic rings. The number of hydrogen-bond acceptors (Lipinski definition) is 5. The van der Waals surface area contributed by atoms with Gasteiger partial charge in [-0.05, 0) is 30.7 Å². The van der Waals surface area contributed by atoms with E-state index in [4.69, 9.17) is 9.52 Å². The molecular formula is C17H14NO7S-. The van der Waals surface area contributed by atoms with E-state index >= 15 is 0 Å². The minimum Gasteiger partial charge on any atom is -0.755 e. The van der Waals surface area contributed by atoms with Crippen LogP contribution in [0.3, 0.4) is 0 Å². The lowest BCUT2D eigenvalue weighted by molar-refractivity contribution is -0.139. The number of hydrogen-bond donors (Lipinski definition) is 2. The maximum absolute atomic E-state index is 11.7. The SMILES string of the molecule is O=C(O)CCC(C(=O)O)N(c1ccc2oc3ccccc3c2c1)S(=O)[O-]. The minimum atomic E-state index is -2.91. The van der Waals surface area contributed by atoms with Crippen LogP contribution >= 0.6 is 0 Å². The predicted octanol–water partition coefficient (Wildman–Crippen LogP) is 2.50. The molecule has 1 aromatic heterocycles. The number of carbonyl (C=O) groups is 2. The third-order valence-corrected chi connectivity index (χ3v) is 4.76. The largest absolute Gasteiger partial charge is 0.755 e. The molecule has 0 saturated heterocycles. The summed E-state index contributed by atoms with van der Waals surface area (Å²) < 4.78 is 29.8. The van der Waals surface area contributed by atoms with Crippen LogP contribution < -0.4 is 4.31 Å². The van der Waals surface area contributed by atoms with E-state index in [1.54, 1.807) is 24.3 Å². The Morgan fingerprint density at radius 1 is 1.12 bits per heavy atom. The first-order valence-electron chi connectivity index (χ1n) is 7.63. The van der Waals surface area contributed by atoms with Crippen LogP contribution in [0.4, 0.5) is 5.69 Å². The summed E-state index contributed by atoms with van der Waals surface area (Å²) in [4.78, 5) is 22.3. The second-order valence-corrected chi connectivity index (χ2v) is 6.44. The first-order valence-corrected chi connectivity index (χ1v) is 8.66. The molecule has 0 spiro atoms. The number of rotatable bonds is 7. The number of fused-ring (bicyclic) bond motifs is 3. The van der Waals surface area contributed by atoms with E-state index in [2.05, 4.69) is 0 Å². The van der Waals surface area contributed by atoms with Gasteiger partial charge in [-0.15, -0.1) is 0 Å². The first kappa shape index (κ1) is 17.9. The highest BCUT2D eigenvalue weighted by atomic mass is 32.2. The van der Waals surface area contributed by atoms with Gasteiger partial charge in [0.25, 0.3) is 0 Å². The number of benzene rings is 2. The molecule has 0 bridgehead atoms. The van der Waals surface area contributed by atoms with Gasteiger partial charge in [0.05, 0.1) is 5.69 Å². The molecule has 0 aliphatic rings. The van der Waals surface area contributed by atoms with Crippen molar-refractivity contribution >= 4 is 50.8 Å². The Morgan fingerprint density at radius 2 is 1.81 bits per heavy atom. The minimum absolute atomic E-state index is 0.121. The molecule has 0 saturated carbocycles. The van der Waals surface area contributed by atoms with Crippen LogP contribution in [0.15, 0.2) is 46.9 Å². The molecule has 8 nitrogen and oxygen atoms in total. The van der Waals surface area contributed by atoms with Crippen molar-refractivity contribution in [1.82, 2.24) is 0 Å². The van der Waals surface area contributed by atoms with E-state index < -0.39 is 35.7 Å². The Labute approximate surface area is 150 Å². The van der Waals surface area contributed by atoms with E-state index in [1.165, 1.54) is 12.1 Å². The highest BCUT2D eigenvalue weighted by Gasteiger charge is 2.28. The lowest BCUT2D eigenvalue weighted by Gasteiger charge is -2.31. The molecule has 0 amide bonds. The van der Waals surface area contributed by atoms with E-state index in [0.29, 0.717) is 20.9 Å². The van der Waals surface area contributed by atoms with Gasteiger partial charge in [0, 0.05) is 28.5 Å². The van der Waals surface area contributed by atoms with Crippen molar-refractivity contribution in [3.63, 3.8) is 0 Å². The van der Waals surface area contributed by atoms with Crippen molar-refractivity contribution in [2.24, 2.45) is 0 Å². The smallest absolute Gasteiger partial charge is 0.327 e. The molecule has 1 heterocycles. The Balaban J connectivity index is 2.09. The molecule has 0 radical (unpaired) electrons. The van der Waals surface area contributed by atoms with E-state index in [9.17, 15) is 23.5 Å². The van der Waals surface area contributed by atoms with Crippen molar-refractivity contribution in [3.8, 4) is 0 Å². The van der Waals surface area contributed by atoms with Crippen molar-refractivity contribution < 1.29 is 33.0 Å². The summed E-state index contributed by atoms with van der Waals surface area (Å²) in [7, 11) is 0. The molecule has 2 atom stereocenters. The Morgan fingerprint density at radius 3 is 2.46 bits per heavy atom. The monoisotopic (exact) mass is 376 g/mol. The molecule has 26 heavy (non-hydrogen) atoms. The molecule has 2 N–H and O–H groups in total. The zero-order valence-corrected chi connectivity index (χ0v) is 14.1. The van der Waals surface area contributed by atoms with Crippen LogP contribution in [-0.4, -0.2) is 37.0 Å². The Kier molecular flexibility index (Phi) is 4.92. The van der Waals surface area contributed by atoms with E-state index in [0.717, 1.165) is 5.39 Å². The van der Waals surface area contributed by atoms with Crippen LogP contribution in [0.1, 0.15) is 12.8 Å². The van der Waals surface area contributed by atoms with Gasteiger partial charge in [-0.2, -0.15) is 0 Å². The zero-order valence-electron chi connectivity index (χ0n) is 13.3. The molecular weight excluding hydrogens is 362 g/mol. The summed E-state index contributed by atoms with van der Waals surface area (Å²) in [5, 5.41) is 19.6. The van der Waals surface area contributed by atoms with Gasteiger partial charge in [-0.25, -0.2) is 4.79 Å². The molecule has 0 fully saturated rings. The summed E-state index contributed by atoms with van der Waals surface area (Å²) in [6.07, 6.45) is -0.829. The van der Waals surface area contributed by atoms with Crippen molar-refractivity contribution in [2.75, 3.05) is 4.31 Å². The maximum Gasteiger partial charge on any atom is 0.327 e. The highest BCUT2D eigenvalue weighted by Crippen LogP contribution is 2.33. The van der Waals surface area contributed by atoms with Gasteiger partial charge in [0.2, 0.25) is 0 Å². The Bertz CT molecular complexity index is 1010. The number of nitrogens with zero attached hydrogens (tertiary/aromatic N) is 1. The van der Waals surface area contributed by atoms with Crippen LogP contribution in [0.2, 0.25) is 0 Å². The number of carboxylic acids is 2. The van der Waals surface area contributed by atoms with Gasteiger partial charge < -0.3 is 19.2 Å². The van der Waals surface area contributed by atoms with Crippen LogP contribution in [-0.2, 0) is 20.9 Å². The fourth-order valence-electron chi connectivity index (χ4n) is 2.82. The average Bonchev–Trinajstić information content (AvgIpc) is 2.95. The summed E-state index contributed by atoms with van der Waals surface area (Å²) >= 11 is -2.91. The number of para-hydroxylation sites is 1. The van der Waals surface area contributed by atoms with Gasteiger partial charge in [0.1, 0.15) is 17.2 Å². The van der Waals surface area contributed by atoms with Gasteiger partial charge >= 0.3 is 11.9 Å². The standard InChI is InChI=1S/C17H15NO7S/c19-16(20)8-6-13(17(21)22)18(26(23)24)10-5-7-15-12(9-10)11-3-1-2-4-14(11)25-15/h1-5,7,9,13H,6,8H2,(H,19,20)(H,21,22)(H,23,24)/p-1. The number of carboxylic acid groups (broad SMARTS) is 2. The molecule has 9 heteroatoms. The quantitative estimate of drug-likeness (QED) is 0.606. The second kappa shape index (κ2) is 7.14. The fraction of sp³-hybridized carbons (Fsp3) is 0.176. The van der Waals surface area contributed by atoms with Gasteiger partial charge in [-0.3, -0.25) is 13.3 Å². The lowest BCUT2D eigenvalue weighted by Crippen LogP contribution is -2.42. The molecule has 2 aromatic carbocycles. The van der Waals surface area contributed by atoms with E-state index in [1.807, 2.05) is 6.07 Å². The van der Waals surface area contributed by atoms with Crippen molar-refractivity contribution in [2.45, 2.75) is 18.9 Å². The van der Waals surface area contributed by atoms with Crippen LogP contribution in [0.25, 0.3) is 21.9 Å². The number of furan rings is 1. The normalized spacial score (nSPS) is 13.6. The lowest BCUT2D eigenvalue weighted by atomic mass is 10.1. The highest BCUT2D eigenvalue weighted by molar-refractivity contribution is 7.80. The topological polar surface area (TPSA) is 131 Å². The maximum atomic E-state index is 11.7. The molecule has 0 aliphatic carbocycles. The first-order chi connectivity index (χ1) is 12.4. The summed E-state index contributed by atoms with van der Waals surface area (Å²) in [6.45, 7) is 0. The van der Waals surface area contributed by atoms with Crippen molar-refractivity contribution in [3.05, 3.63) is 42.5 Å².